The van der Waals surface area contributed by atoms with Crippen LogP contribution in [0.5, 0.6) is 0 Å². The summed E-state index contributed by atoms with van der Waals surface area (Å²) in [7, 11) is 1.57. The topological polar surface area (TPSA) is 135 Å². The molecule has 1 saturated carbocycles. The normalized spacial score (nSPS) is 24.0. The summed E-state index contributed by atoms with van der Waals surface area (Å²) in [4.78, 5) is 19.9. The molecule has 3 N–H and O–H groups in total. The van der Waals surface area contributed by atoms with Crippen LogP contribution in [0.15, 0.2) is 24.8 Å². The zero-order valence-electron chi connectivity index (χ0n) is 14.5. The summed E-state index contributed by atoms with van der Waals surface area (Å²) in [6.07, 6.45) is 4.34. The van der Waals surface area contributed by atoms with Gasteiger partial charge in [-0.2, -0.15) is 0 Å². The Kier molecular flexibility index (Phi) is 9.00. The van der Waals surface area contributed by atoms with E-state index < -0.39 is 24.2 Å². The number of rotatable bonds is 6. The third-order valence-corrected chi connectivity index (χ3v) is 4.21. The van der Waals surface area contributed by atoms with Crippen LogP contribution < -0.4 is 5.32 Å². The van der Waals surface area contributed by atoms with Gasteiger partial charge in [-0.1, -0.05) is 5.21 Å². The fourth-order valence-electron chi connectivity index (χ4n) is 2.99. The van der Waals surface area contributed by atoms with Gasteiger partial charge in [-0.3, -0.25) is 14.5 Å². The predicted octanol–water partition coefficient (Wildman–Crippen LogP) is -0.402. The third-order valence-electron chi connectivity index (χ3n) is 4.21. The molecule has 12 heteroatoms. The van der Waals surface area contributed by atoms with Gasteiger partial charge < -0.3 is 20.3 Å². The predicted molar refractivity (Wildman–Crippen MR) is 98.6 cm³/mol. The van der Waals surface area contributed by atoms with E-state index >= 15 is 0 Å². The van der Waals surface area contributed by atoms with Gasteiger partial charge in [0.15, 0.2) is 0 Å². The number of hydrogen-bond donors (Lipinski definition) is 3. The van der Waals surface area contributed by atoms with Crippen molar-refractivity contribution in [3.63, 3.8) is 0 Å². The Hall–Kier alpha value is -1.85. The minimum Gasteiger partial charge on any atom is -0.390 e. The van der Waals surface area contributed by atoms with Crippen molar-refractivity contribution in [2.45, 2.75) is 37.8 Å². The molecule has 10 nitrogen and oxygen atoms in total. The number of aliphatic hydroxyl groups excluding tert-OH is 2. The molecule has 0 aliphatic heterocycles. The number of nitrogens with one attached hydrogen (secondary N) is 1. The molecule has 2 heterocycles. The number of methoxy groups -OCH3 is 1. The smallest absolute Gasteiger partial charge is 0.271 e. The van der Waals surface area contributed by atoms with Crippen molar-refractivity contribution in [2.24, 2.45) is 5.92 Å². The lowest BCUT2D eigenvalue weighted by molar-refractivity contribution is 0.00759. The molecule has 4 atom stereocenters. The minimum absolute atomic E-state index is 0. The number of carbonyl (C=O) groups is 1. The summed E-state index contributed by atoms with van der Waals surface area (Å²) in [6, 6.07) is -0.573. The van der Waals surface area contributed by atoms with Crippen LogP contribution in [0.25, 0.3) is 0 Å². The van der Waals surface area contributed by atoms with E-state index in [0.717, 1.165) is 0 Å². The number of halogens is 2. The lowest BCUT2D eigenvalue weighted by atomic mass is 10.1. The highest BCUT2D eigenvalue weighted by Crippen LogP contribution is 2.28. The molecule has 2 aromatic heterocycles. The van der Waals surface area contributed by atoms with Crippen molar-refractivity contribution < 1.29 is 19.7 Å². The van der Waals surface area contributed by atoms with Crippen LogP contribution in [0.1, 0.15) is 22.6 Å². The van der Waals surface area contributed by atoms with Gasteiger partial charge in [0.05, 0.1) is 31.1 Å². The highest BCUT2D eigenvalue weighted by Gasteiger charge is 2.42. The van der Waals surface area contributed by atoms with E-state index in [1.54, 1.807) is 18.0 Å². The molecule has 0 aromatic carbocycles. The molecular weight excluding hydrogens is 399 g/mol. The molecule has 0 radical (unpaired) electrons. The summed E-state index contributed by atoms with van der Waals surface area (Å²) in [5.41, 5.74) is 0.844. The molecule has 0 unspecified atom stereocenters. The number of amides is 1. The van der Waals surface area contributed by atoms with E-state index in [2.05, 4.69) is 25.6 Å². The molecule has 1 aliphatic rings. The quantitative estimate of drug-likeness (QED) is 0.574. The Balaban J connectivity index is 0.00000182. The average molecular weight is 421 g/mol. The first-order valence-electron chi connectivity index (χ1n) is 7.89. The zero-order valence-corrected chi connectivity index (χ0v) is 16.1. The van der Waals surface area contributed by atoms with Crippen molar-refractivity contribution in [3.05, 3.63) is 36.2 Å². The molecule has 1 fully saturated rings. The van der Waals surface area contributed by atoms with Crippen LogP contribution in [0.2, 0.25) is 0 Å². The fraction of sp³-hybridized carbons (Fsp3) is 0.533. The van der Waals surface area contributed by atoms with Crippen molar-refractivity contribution in [3.8, 4) is 0 Å². The standard InChI is InChI=1S/C15H20N6O4.2ClH/c1-25-8-10-7-21(20-19-10)6-9-4-11(14(23)13(9)22)18-15(24)12-5-16-2-3-17-12;;/h2-3,5,7,9,11,13-14,22-23H,4,6,8H2,1H3,(H,18,24);2*1H/t9-,11-,13-,14+;;/m1../s1. The van der Waals surface area contributed by atoms with Crippen molar-refractivity contribution in [2.75, 3.05) is 7.11 Å². The second kappa shape index (κ2) is 10.5. The second-order valence-electron chi connectivity index (χ2n) is 6.01. The molecule has 1 aliphatic carbocycles. The first-order chi connectivity index (χ1) is 12.1. The highest BCUT2D eigenvalue weighted by molar-refractivity contribution is 5.92. The lowest BCUT2D eigenvalue weighted by Crippen LogP contribution is -2.43. The van der Waals surface area contributed by atoms with Crippen LogP contribution >= 0.6 is 24.8 Å². The Morgan fingerprint density at radius 3 is 2.78 bits per heavy atom. The van der Waals surface area contributed by atoms with Crippen LogP contribution in [-0.2, 0) is 17.9 Å². The largest absolute Gasteiger partial charge is 0.390 e. The van der Waals surface area contributed by atoms with Gasteiger partial charge >= 0.3 is 0 Å². The Morgan fingerprint density at radius 1 is 1.33 bits per heavy atom. The van der Waals surface area contributed by atoms with Gasteiger partial charge in [-0.25, -0.2) is 4.98 Å². The summed E-state index contributed by atoms with van der Waals surface area (Å²) in [5, 5.41) is 31.1. The van der Waals surface area contributed by atoms with E-state index in [1.807, 2.05) is 0 Å². The average Bonchev–Trinajstić information content (AvgIpc) is 3.16. The van der Waals surface area contributed by atoms with Gasteiger partial charge in [0.2, 0.25) is 0 Å². The summed E-state index contributed by atoms with van der Waals surface area (Å²) in [6.45, 7) is 0.735. The SMILES string of the molecule is COCc1cn(C[C@H]2C[C@@H](NC(=O)c3cnccn3)[C@H](O)[C@@H]2O)nn1.Cl.Cl. The second-order valence-corrected chi connectivity index (χ2v) is 6.01. The summed E-state index contributed by atoms with van der Waals surface area (Å²) in [5.74, 6) is -0.701. The number of carbonyl (C=O) groups excluding carboxylic acids is 1. The van der Waals surface area contributed by atoms with Crippen molar-refractivity contribution in [1.82, 2.24) is 30.3 Å². The maximum Gasteiger partial charge on any atom is 0.271 e. The molecule has 0 spiro atoms. The van der Waals surface area contributed by atoms with Crippen molar-refractivity contribution >= 4 is 30.7 Å². The molecule has 0 saturated heterocycles. The number of ether oxygens (including phenoxy) is 1. The van der Waals surface area contributed by atoms with Crippen molar-refractivity contribution in [1.29, 1.82) is 0 Å². The first-order valence-corrected chi connectivity index (χ1v) is 7.89. The lowest BCUT2D eigenvalue weighted by Gasteiger charge is -2.17. The molecular formula is C15H22Cl2N6O4. The van der Waals surface area contributed by atoms with Gasteiger partial charge in [-0.15, -0.1) is 29.9 Å². The highest BCUT2D eigenvalue weighted by atomic mass is 35.5. The molecule has 3 rings (SSSR count). The number of aromatic nitrogens is 5. The first kappa shape index (κ1) is 23.2. The van der Waals surface area contributed by atoms with Crippen LogP contribution in [0, 0.1) is 5.92 Å². The number of nitrogens with zero attached hydrogens (tertiary/aromatic N) is 5. The van der Waals surface area contributed by atoms with E-state index in [9.17, 15) is 15.0 Å². The molecule has 0 bridgehead atoms. The van der Waals surface area contributed by atoms with E-state index in [4.69, 9.17) is 4.74 Å². The maximum absolute atomic E-state index is 12.1. The monoisotopic (exact) mass is 420 g/mol. The Morgan fingerprint density at radius 2 is 2.11 bits per heavy atom. The van der Waals surface area contributed by atoms with E-state index in [-0.39, 0.29) is 36.4 Å². The summed E-state index contributed by atoms with van der Waals surface area (Å²) >= 11 is 0. The zero-order chi connectivity index (χ0) is 17.8. The van der Waals surface area contributed by atoms with E-state index in [1.165, 1.54) is 18.6 Å². The van der Waals surface area contributed by atoms with Gasteiger partial charge in [-0.05, 0) is 6.42 Å². The molecule has 27 heavy (non-hydrogen) atoms. The summed E-state index contributed by atoms with van der Waals surface area (Å²) < 4.78 is 6.59. The van der Waals surface area contributed by atoms with E-state index in [0.29, 0.717) is 25.3 Å². The van der Waals surface area contributed by atoms with Crippen LogP contribution in [0.3, 0.4) is 0 Å². The molecule has 2 aromatic rings. The molecule has 1 amide bonds. The molecule has 150 valence electrons. The Labute approximate surface area is 168 Å². The third kappa shape index (κ3) is 5.56. The Bertz CT molecular complexity index is 719. The number of hydrogen-bond acceptors (Lipinski definition) is 8. The van der Waals surface area contributed by atoms with Crippen LogP contribution in [0.4, 0.5) is 0 Å². The van der Waals surface area contributed by atoms with Gasteiger partial charge in [0.25, 0.3) is 5.91 Å². The van der Waals surface area contributed by atoms with Crippen LogP contribution in [-0.4, -0.2) is 66.4 Å². The van der Waals surface area contributed by atoms with Gasteiger partial charge in [0, 0.05) is 32.0 Å². The minimum atomic E-state index is -1.06. The maximum atomic E-state index is 12.1. The fourth-order valence-corrected chi connectivity index (χ4v) is 2.99. The number of aliphatic hydroxyl groups is 2. The van der Waals surface area contributed by atoms with Gasteiger partial charge in [0.1, 0.15) is 17.5 Å².